The van der Waals surface area contributed by atoms with E-state index in [1.807, 2.05) is 26.0 Å². The fourth-order valence-electron chi connectivity index (χ4n) is 2.32. The molecule has 0 aromatic heterocycles. The maximum Gasteiger partial charge on any atom is 0.262 e. The zero-order valence-electron chi connectivity index (χ0n) is 13.2. The summed E-state index contributed by atoms with van der Waals surface area (Å²) in [5, 5.41) is 3.52. The van der Waals surface area contributed by atoms with E-state index >= 15 is 0 Å². The Morgan fingerprint density at radius 2 is 1.83 bits per heavy atom. The number of benzene rings is 2. The van der Waals surface area contributed by atoms with Crippen LogP contribution in [-0.4, -0.2) is 12.5 Å². The Bertz CT molecular complexity index is 686. The highest BCUT2D eigenvalue weighted by molar-refractivity contribution is 6.32. The average Bonchev–Trinajstić information content (AvgIpc) is 2.55. The van der Waals surface area contributed by atoms with Gasteiger partial charge >= 0.3 is 0 Å². The van der Waals surface area contributed by atoms with Gasteiger partial charge in [-0.2, -0.15) is 0 Å². The summed E-state index contributed by atoms with van der Waals surface area (Å²) < 4.78 is 18.2. The maximum absolute atomic E-state index is 12.8. The summed E-state index contributed by atoms with van der Waals surface area (Å²) >= 11 is 6.21. The number of halogens is 2. The number of ether oxygens (including phenoxy) is 1. The van der Waals surface area contributed by atoms with Crippen LogP contribution >= 0.6 is 11.6 Å². The molecule has 1 N–H and O–H groups in total. The minimum Gasteiger partial charge on any atom is -0.484 e. The van der Waals surface area contributed by atoms with Crippen molar-refractivity contribution in [3.05, 3.63) is 58.4 Å². The molecular formula is C18H19ClFNO2. The third kappa shape index (κ3) is 4.45. The third-order valence-electron chi connectivity index (χ3n) is 3.52. The van der Waals surface area contributed by atoms with Crippen LogP contribution in [0.15, 0.2) is 36.4 Å². The van der Waals surface area contributed by atoms with Crippen molar-refractivity contribution in [1.29, 1.82) is 0 Å². The Balaban J connectivity index is 2.07. The molecule has 2 aromatic rings. The molecule has 0 saturated carbocycles. The number of anilines is 1. The Kier molecular flexibility index (Phi) is 5.99. The molecule has 3 nitrogen and oxygen atoms in total. The van der Waals surface area contributed by atoms with Crippen LogP contribution in [-0.2, 0) is 17.6 Å². The fraction of sp³-hybridized carbons (Fsp3) is 0.278. The van der Waals surface area contributed by atoms with E-state index in [1.165, 1.54) is 24.3 Å². The number of nitrogens with one attached hydrogen (secondary N) is 1. The van der Waals surface area contributed by atoms with Crippen LogP contribution in [0.5, 0.6) is 5.75 Å². The molecule has 0 aliphatic rings. The summed E-state index contributed by atoms with van der Waals surface area (Å²) in [6.45, 7) is 3.86. The lowest BCUT2D eigenvalue weighted by molar-refractivity contribution is -0.118. The molecule has 0 atom stereocenters. The maximum atomic E-state index is 12.8. The molecule has 0 bridgehead atoms. The first-order chi connectivity index (χ1) is 11.0. The van der Waals surface area contributed by atoms with E-state index < -0.39 is 0 Å². The predicted molar refractivity (Wildman–Crippen MR) is 90.7 cm³/mol. The van der Waals surface area contributed by atoms with Gasteiger partial charge in [0.15, 0.2) is 6.61 Å². The van der Waals surface area contributed by atoms with Crippen molar-refractivity contribution in [2.24, 2.45) is 0 Å². The minimum absolute atomic E-state index is 0.148. The molecule has 122 valence electrons. The lowest BCUT2D eigenvalue weighted by Gasteiger charge is -2.16. The highest BCUT2D eigenvalue weighted by Gasteiger charge is 2.13. The van der Waals surface area contributed by atoms with Gasteiger partial charge in [-0.15, -0.1) is 0 Å². The van der Waals surface area contributed by atoms with Gasteiger partial charge in [0.2, 0.25) is 0 Å². The molecule has 0 unspecified atom stereocenters. The van der Waals surface area contributed by atoms with Crippen molar-refractivity contribution >= 4 is 23.2 Å². The van der Waals surface area contributed by atoms with Gasteiger partial charge < -0.3 is 10.1 Å². The van der Waals surface area contributed by atoms with E-state index in [2.05, 4.69) is 5.32 Å². The summed E-state index contributed by atoms with van der Waals surface area (Å²) in [6.07, 6.45) is 1.51. The zero-order valence-corrected chi connectivity index (χ0v) is 13.9. The van der Waals surface area contributed by atoms with Gasteiger partial charge in [-0.1, -0.05) is 31.5 Å². The number of aryl methyl sites for hydroxylation is 1. The van der Waals surface area contributed by atoms with Crippen LogP contribution in [0.3, 0.4) is 0 Å². The van der Waals surface area contributed by atoms with E-state index in [-0.39, 0.29) is 18.3 Å². The molecule has 0 radical (unpaired) electrons. The Labute approximate surface area is 140 Å². The van der Waals surface area contributed by atoms with Gasteiger partial charge in [0, 0.05) is 10.7 Å². The Morgan fingerprint density at radius 1 is 1.13 bits per heavy atom. The zero-order chi connectivity index (χ0) is 16.8. The lowest BCUT2D eigenvalue weighted by atomic mass is 10.0. The quantitative estimate of drug-likeness (QED) is 0.836. The average molecular weight is 336 g/mol. The molecule has 2 rings (SSSR count). The predicted octanol–water partition coefficient (Wildman–Crippen LogP) is 4.62. The second kappa shape index (κ2) is 7.97. The monoisotopic (exact) mass is 335 g/mol. The number of carbonyl (C=O) groups excluding carboxylic acids is 1. The Morgan fingerprint density at radius 3 is 2.43 bits per heavy atom. The van der Waals surface area contributed by atoms with Crippen LogP contribution in [0.25, 0.3) is 0 Å². The molecule has 0 saturated heterocycles. The fourth-order valence-corrected chi connectivity index (χ4v) is 2.61. The molecule has 2 aromatic carbocycles. The van der Waals surface area contributed by atoms with Crippen LogP contribution < -0.4 is 10.1 Å². The molecule has 0 spiro atoms. The number of hydrogen-bond donors (Lipinski definition) is 1. The molecule has 0 heterocycles. The number of hydrogen-bond acceptors (Lipinski definition) is 2. The van der Waals surface area contributed by atoms with Crippen LogP contribution in [0.4, 0.5) is 10.1 Å². The van der Waals surface area contributed by atoms with E-state index in [4.69, 9.17) is 16.3 Å². The SMILES string of the molecule is CCc1ccc(Cl)c(CC)c1NC(=O)COc1ccc(F)cc1. The smallest absolute Gasteiger partial charge is 0.262 e. The summed E-state index contributed by atoms with van der Waals surface area (Å²) in [5.41, 5.74) is 2.71. The second-order valence-electron chi connectivity index (χ2n) is 5.06. The molecule has 23 heavy (non-hydrogen) atoms. The van der Waals surface area contributed by atoms with Crippen LogP contribution in [0, 0.1) is 5.82 Å². The first-order valence-electron chi connectivity index (χ1n) is 7.53. The molecule has 5 heteroatoms. The van der Waals surface area contributed by atoms with Crippen LogP contribution in [0.1, 0.15) is 25.0 Å². The first kappa shape index (κ1) is 17.3. The van der Waals surface area contributed by atoms with Gasteiger partial charge in [0.25, 0.3) is 5.91 Å². The van der Waals surface area contributed by atoms with Crippen molar-refractivity contribution in [3.8, 4) is 5.75 Å². The first-order valence-corrected chi connectivity index (χ1v) is 7.91. The van der Waals surface area contributed by atoms with Crippen LogP contribution in [0.2, 0.25) is 5.02 Å². The molecule has 0 fully saturated rings. The highest BCUT2D eigenvalue weighted by atomic mass is 35.5. The van der Waals surface area contributed by atoms with E-state index in [1.54, 1.807) is 0 Å². The normalized spacial score (nSPS) is 10.4. The molecule has 0 aliphatic heterocycles. The van der Waals surface area contributed by atoms with Gasteiger partial charge in [0.1, 0.15) is 11.6 Å². The molecular weight excluding hydrogens is 317 g/mol. The van der Waals surface area contributed by atoms with Crippen molar-refractivity contribution < 1.29 is 13.9 Å². The number of rotatable bonds is 6. The number of carbonyl (C=O) groups is 1. The van der Waals surface area contributed by atoms with Gasteiger partial charge in [-0.25, -0.2) is 4.39 Å². The highest BCUT2D eigenvalue weighted by Crippen LogP contribution is 2.29. The summed E-state index contributed by atoms with van der Waals surface area (Å²) in [5.74, 6) is -0.180. The van der Waals surface area contributed by atoms with E-state index in [0.717, 1.165) is 29.7 Å². The standard InChI is InChI=1S/C18H19ClFNO2/c1-3-12-5-10-16(19)15(4-2)18(12)21-17(22)11-23-14-8-6-13(20)7-9-14/h5-10H,3-4,11H2,1-2H3,(H,21,22). The summed E-state index contributed by atoms with van der Waals surface area (Å²) in [6, 6.07) is 9.30. The van der Waals surface area contributed by atoms with Gasteiger partial charge in [-0.3, -0.25) is 4.79 Å². The topological polar surface area (TPSA) is 38.3 Å². The number of amides is 1. The second-order valence-corrected chi connectivity index (χ2v) is 5.47. The van der Waals surface area contributed by atoms with Crippen molar-refractivity contribution in [3.63, 3.8) is 0 Å². The summed E-state index contributed by atoms with van der Waals surface area (Å²) in [4.78, 5) is 12.1. The Hall–Kier alpha value is -2.07. The molecule has 0 aliphatic carbocycles. The molecule has 1 amide bonds. The van der Waals surface area contributed by atoms with E-state index in [0.29, 0.717) is 10.8 Å². The van der Waals surface area contributed by atoms with E-state index in [9.17, 15) is 9.18 Å². The van der Waals surface area contributed by atoms with Crippen molar-refractivity contribution in [2.75, 3.05) is 11.9 Å². The largest absolute Gasteiger partial charge is 0.484 e. The minimum atomic E-state index is -0.346. The summed E-state index contributed by atoms with van der Waals surface area (Å²) in [7, 11) is 0. The third-order valence-corrected chi connectivity index (χ3v) is 3.88. The van der Waals surface area contributed by atoms with Crippen molar-refractivity contribution in [1.82, 2.24) is 0 Å². The van der Waals surface area contributed by atoms with Crippen molar-refractivity contribution in [2.45, 2.75) is 26.7 Å². The van der Waals surface area contributed by atoms with Gasteiger partial charge in [0.05, 0.1) is 0 Å². The van der Waals surface area contributed by atoms with Gasteiger partial charge in [-0.05, 0) is 54.3 Å². The lowest BCUT2D eigenvalue weighted by Crippen LogP contribution is -2.22.